The van der Waals surface area contributed by atoms with E-state index in [4.69, 9.17) is 44.3 Å². The molecule has 1 amide bonds. The van der Waals surface area contributed by atoms with Gasteiger partial charge < -0.3 is 19.9 Å². The first-order valence-corrected chi connectivity index (χ1v) is 17.7. The number of aliphatic hydroxyl groups is 1. The molecular weight excluding hydrogens is 691 g/mol. The molecule has 2 N–H and O–H groups in total. The molecule has 3 atom stereocenters. The normalized spacial score (nSPS) is 17.8. The van der Waals surface area contributed by atoms with Crippen molar-refractivity contribution in [3.05, 3.63) is 167 Å². The van der Waals surface area contributed by atoms with E-state index < -0.39 is 16.0 Å². The van der Waals surface area contributed by atoms with Crippen molar-refractivity contribution in [1.29, 1.82) is 0 Å². The Hall–Kier alpha value is -3.72. The first kappa shape index (κ1) is 36.1. The van der Waals surface area contributed by atoms with Crippen molar-refractivity contribution in [2.45, 2.75) is 55.0 Å². The van der Waals surface area contributed by atoms with Gasteiger partial charge in [0.1, 0.15) is 0 Å². The molecule has 0 bridgehead atoms. The molecule has 1 saturated heterocycles. The van der Waals surface area contributed by atoms with Gasteiger partial charge in [-0.1, -0.05) is 168 Å². The topological polar surface area (TPSA) is 71.0 Å². The maximum absolute atomic E-state index is 12.2. The van der Waals surface area contributed by atoms with Gasteiger partial charge in [0, 0.05) is 38.2 Å². The zero-order valence-electron chi connectivity index (χ0n) is 27.4. The quantitative estimate of drug-likeness (QED) is 0.126. The van der Waals surface area contributed by atoms with Crippen LogP contribution in [0.1, 0.15) is 52.2 Å². The molecule has 0 aliphatic carbocycles. The minimum absolute atomic E-state index is 0.0111. The van der Waals surface area contributed by atoms with Gasteiger partial charge in [0.2, 0.25) is 0 Å². The molecule has 1 fully saturated rings. The Balaban J connectivity index is 1.24. The maximum atomic E-state index is 12.2. The predicted octanol–water partition coefficient (Wildman–Crippen LogP) is 9.08. The van der Waals surface area contributed by atoms with E-state index in [1.807, 2.05) is 84.9 Å². The van der Waals surface area contributed by atoms with Crippen LogP contribution in [0.15, 0.2) is 133 Å². The summed E-state index contributed by atoms with van der Waals surface area (Å²) in [4.78, 5) is 14.6. The Morgan fingerprint density at radius 2 is 1.30 bits per heavy atom. The zero-order chi connectivity index (χ0) is 34.9. The number of hydrogen-bond acceptors (Lipinski definition) is 5. The largest absolute Gasteiger partial charge is 0.392 e. The summed E-state index contributed by atoms with van der Waals surface area (Å²) in [6.07, 6.45) is -0.241. The number of carbonyl (C=O) groups excluding carboxylic acids is 1. The standard InChI is InChI=1S/C41H39Cl3N2O4/c42-41(43,44)40(48)45-24-35-13-7-8-14-37(35)32-19-21-34(22-20-32)39-49-36(23-38(50-39)33-17-15-31(28-47)16-18-33)27-46(25-29-9-3-1-4-10-29)26-30-11-5-2-6-12-30/h1-22,36,38-39,47H,23-28H2,(H,45,48)/t36-,38+,39+/m0/s1. The van der Waals surface area contributed by atoms with E-state index in [2.05, 4.69) is 58.7 Å². The number of benzene rings is 5. The number of hydrogen-bond donors (Lipinski definition) is 2. The number of carbonyl (C=O) groups is 1. The Labute approximate surface area is 308 Å². The zero-order valence-corrected chi connectivity index (χ0v) is 29.7. The molecular formula is C41H39Cl3N2O4. The van der Waals surface area contributed by atoms with Gasteiger partial charge in [0.05, 0.1) is 18.8 Å². The molecule has 0 unspecified atom stereocenters. The van der Waals surface area contributed by atoms with E-state index in [9.17, 15) is 9.90 Å². The molecule has 0 saturated carbocycles. The van der Waals surface area contributed by atoms with Gasteiger partial charge in [-0.2, -0.15) is 0 Å². The van der Waals surface area contributed by atoms with E-state index >= 15 is 0 Å². The second-order valence-corrected chi connectivity index (χ2v) is 14.7. The fraction of sp³-hybridized carbons (Fsp3) is 0.244. The third kappa shape index (κ3) is 9.74. The summed E-state index contributed by atoms with van der Waals surface area (Å²) in [5.41, 5.74) is 8.08. The molecule has 6 nitrogen and oxygen atoms in total. The Morgan fingerprint density at radius 3 is 1.90 bits per heavy atom. The van der Waals surface area contributed by atoms with E-state index in [1.165, 1.54) is 11.1 Å². The predicted molar refractivity (Wildman–Crippen MR) is 199 cm³/mol. The summed E-state index contributed by atoms with van der Waals surface area (Å²) in [7, 11) is 0. The molecule has 5 aromatic rings. The van der Waals surface area contributed by atoms with Crippen LogP contribution in [0.5, 0.6) is 0 Å². The molecule has 1 aliphatic rings. The summed E-state index contributed by atoms with van der Waals surface area (Å²) in [5, 5.41) is 12.3. The number of rotatable bonds is 12. The highest BCUT2D eigenvalue weighted by Crippen LogP contribution is 2.39. The average Bonchev–Trinajstić information content (AvgIpc) is 3.14. The lowest BCUT2D eigenvalue weighted by Crippen LogP contribution is -2.39. The smallest absolute Gasteiger partial charge is 0.272 e. The van der Waals surface area contributed by atoms with Crippen molar-refractivity contribution >= 4 is 40.7 Å². The minimum Gasteiger partial charge on any atom is -0.392 e. The van der Waals surface area contributed by atoms with Crippen LogP contribution >= 0.6 is 34.8 Å². The summed E-state index contributed by atoms with van der Waals surface area (Å²) < 4.78 is 11.4. The van der Waals surface area contributed by atoms with Crippen molar-refractivity contribution in [1.82, 2.24) is 10.2 Å². The molecule has 50 heavy (non-hydrogen) atoms. The lowest BCUT2D eigenvalue weighted by atomic mass is 9.97. The highest BCUT2D eigenvalue weighted by molar-refractivity contribution is 6.76. The number of ether oxygens (including phenoxy) is 2. The fourth-order valence-corrected chi connectivity index (χ4v) is 6.44. The van der Waals surface area contributed by atoms with Gasteiger partial charge >= 0.3 is 0 Å². The summed E-state index contributed by atoms with van der Waals surface area (Å²) in [6, 6.07) is 44.9. The van der Waals surface area contributed by atoms with Gasteiger partial charge in [-0.3, -0.25) is 9.69 Å². The monoisotopic (exact) mass is 728 g/mol. The molecule has 258 valence electrons. The summed E-state index contributed by atoms with van der Waals surface area (Å²) in [6.45, 7) is 2.48. The molecule has 0 radical (unpaired) electrons. The van der Waals surface area contributed by atoms with E-state index in [-0.39, 0.29) is 25.4 Å². The first-order valence-electron chi connectivity index (χ1n) is 16.6. The van der Waals surface area contributed by atoms with Crippen LogP contribution in [0, 0.1) is 0 Å². The number of aliphatic hydroxyl groups excluding tert-OH is 1. The Bertz CT molecular complexity index is 1780. The van der Waals surface area contributed by atoms with Crippen LogP contribution in [-0.2, 0) is 40.5 Å². The number of alkyl halides is 3. The molecule has 9 heteroatoms. The molecule has 5 aromatic carbocycles. The van der Waals surface area contributed by atoms with Crippen molar-refractivity contribution in [2.75, 3.05) is 6.54 Å². The Morgan fingerprint density at radius 1 is 0.720 bits per heavy atom. The van der Waals surface area contributed by atoms with Crippen molar-refractivity contribution < 1.29 is 19.4 Å². The van der Waals surface area contributed by atoms with Gasteiger partial charge in [-0.25, -0.2) is 0 Å². The SMILES string of the molecule is O=C(NCc1ccccc1-c1ccc([C@@H]2O[C@H](CN(Cc3ccccc3)Cc3ccccc3)C[C@H](c3ccc(CO)cc3)O2)cc1)C(Cl)(Cl)Cl. The van der Waals surface area contributed by atoms with Crippen LogP contribution in [0.2, 0.25) is 0 Å². The second kappa shape index (κ2) is 17.0. The third-order valence-electron chi connectivity index (χ3n) is 8.78. The molecule has 0 aromatic heterocycles. The second-order valence-electron chi connectivity index (χ2n) is 12.5. The van der Waals surface area contributed by atoms with E-state index in [0.29, 0.717) is 13.0 Å². The van der Waals surface area contributed by atoms with Gasteiger partial charge in [0.15, 0.2) is 6.29 Å². The minimum atomic E-state index is -2.03. The van der Waals surface area contributed by atoms with Crippen molar-refractivity contribution in [3.8, 4) is 11.1 Å². The van der Waals surface area contributed by atoms with Crippen LogP contribution in [0.25, 0.3) is 11.1 Å². The molecule has 0 spiro atoms. The number of nitrogens with one attached hydrogen (secondary N) is 1. The highest BCUT2D eigenvalue weighted by atomic mass is 35.6. The molecule has 6 rings (SSSR count). The summed E-state index contributed by atoms with van der Waals surface area (Å²) >= 11 is 17.3. The third-order valence-corrected chi connectivity index (χ3v) is 9.30. The van der Waals surface area contributed by atoms with Crippen LogP contribution in [0.3, 0.4) is 0 Å². The maximum Gasteiger partial charge on any atom is 0.272 e. The molecule has 1 aliphatic heterocycles. The first-order chi connectivity index (χ1) is 24.2. The number of amides is 1. The molecule has 1 heterocycles. The van der Waals surface area contributed by atoms with E-state index in [1.54, 1.807) is 0 Å². The average molecular weight is 730 g/mol. The van der Waals surface area contributed by atoms with Gasteiger partial charge in [-0.05, 0) is 38.9 Å². The van der Waals surface area contributed by atoms with E-state index in [0.717, 1.165) is 46.5 Å². The number of nitrogens with zero attached hydrogens (tertiary/aromatic N) is 1. The van der Waals surface area contributed by atoms with Crippen LogP contribution in [-0.4, -0.2) is 32.4 Å². The van der Waals surface area contributed by atoms with Crippen LogP contribution < -0.4 is 5.32 Å². The van der Waals surface area contributed by atoms with Gasteiger partial charge in [-0.15, -0.1) is 0 Å². The summed E-state index contributed by atoms with van der Waals surface area (Å²) in [5.74, 6) is -0.680. The van der Waals surface area contributed by atoms with Crippen molar-refractivity contribution in [2.24, 2.45) is 0 Å². The number of halogens is 3. The van der Waals surface area contributed by atoms with Crippen LogP contribution in [0.4, 0.5) is 0 Å². The fourth-order valence-electron chi connectivity index (χ4n) is 6.24. The lowest BCUT2D eigenvalue weighted by molar-refractivity contribution is -0.253. The Kier molecular flexibility index (Phi) is 12.3. The highest BCUT2D eigenvalue weighted by Gasteiger charge is 2.34. The van der Waals surface area contributed by atoms with Gasteiger partial charge in [0.25, 0.3) is 9.70 Å². The van der Waals surface area contributed by atoms with Crippen molar-refractivity contribution in [3.63, 3.8) is 0 Å². The lowest BCUT2D eigenvalue weighted by Gasteiger charge is -2.38.